The summed E-state index contributed by atoms with van der Waals surface area (Å²) in [6.45, 7) is 2.30. The maximum atomic E-state index is 6.12. The molecule has 0 aliphatic heterocycles. The van der Waals surface area contributed by atoms with Crippen molar-refractivity contribution >= 4 is 35.0 Å². The lowest BCUT2D eigenvalue weighted by atomic mass is 10.2. The first-order valence-corrected chi connectivity index (χ1v) is 8.18. The first-order chi connectivity index (χ1) is 10.2. The minimum atomic E-state index is 0.699. The van der Waals surface area contributed by atoms with Crippen LogP contribution >= 0.6 is 35.0 Å². The maximum Gasteiger partial charge on any atom is 0.0587 e. The summed E-state index contributed by atoms with van der Waals surface area (Å²) in [4.78, 5) is 2.23. The Morgan fingerprint density at radius 2 is 1.90 bits per heavy atom. The Kier molecular flexibility index (Phi) is 6.87. The van der Waals surface area contributed by atoms with E-state index in [1.54, 1.807) is 18.9 Å². The summed E-state index contributed by atoms with van der Waals surface area (Å²) in [5.41, 5.74) is 1.21. The van der Waals surface area contributed by atoms with Crippen LogP contribution < -0.4 is 5.32 Å². The summed E-state index contributed by atoms with van der Waals surface area (Å²) in [7, 11) is 1.70. The van der Waals surface area contributed by atoms with Crippen LogP contribution in [0.25, 0.3) is 0 Å². The molecule has 0 radical (unpaired) electrons. The van der Waals surface area contributed by atoms with E-state index in [0.29, 0.717) is 6.61 Å². The number of halogens is 2. The molecule has 21 heavy (non-hydrogen) atoms. The van der Waals surface area contributed by atoms with Crippen LogP contribution in [-0.2, 0) is 11.3 Å². The molecule has 0 spiro atoms. The second-order valence-electron chi connectivity index (χ2n) is 4.48. The van der Waals surface area contributed by atoms with Gasteiger partial charge in [-0.2, -0.15) is 0 Å². The molecule has 0 aliphatic carbocycles. The van der Waals surface area contributed by atoms with Crippen LogP contribution in [0.3, 0.4) is 0 Å². The Morgan fingerprint density at radius 3 is 2.67 bits per heavy atom. The zero-order valence-electron chi connectivity index (χ0n) is 11.7. The third kappa shape index (κ3) is 5.53. The van der Waals surface area contributed by atoms with Gasteiger partial charge >= 0.3 is 0 Å². The normalized spacial score (nSPS) is 10.8. The highest BCUT2D eigenvalue weighted by Crippen LogP contribution is 2.33. The largest absolute Gasteiger partial charge is 0.383 e. The van der Waals surface area contributed by atoms with Gasteiger partial charge in [-0.1, -0.05) is 47.1 Å². The summed E-state index contributed by atoms with van der Waals surface area (Å²) in [6.07, 6.45) is 0. The van der Waals surface area contributed by atoms with Gasteiger partial charge in [-0.3, -0.25) is 0 Å². The first kappa shape index (κ1) is 16.7. The Morgan fingerprint density at radius 1 is 1.10 bits per heavy atom. The van der Waals surface area contributed by atoms with Gasteiger partial charge < -0.3 is 10.1 Å². The van der Waals surface area contributed by atoms with Crippen LogP contribution in [0.1, 0.15) is 5.56 Å². The van der Waals surface area contributed by atoms with E-state index in [1.165, 1.54) is 5.56 Å². The van der Waals surface area contributed by atoms with E-state index < -0.39 is 0 Å². The van der Waals surface area contributed by atoms with Gasteiger partial charge in [0.15, 0.2) is 0 Å². The summed E-state index contributed by atoms with van der Waals surface area (Å²) in [5.74, 6) is 0. The second-order valence-corrected chi connectivity index (χ2v) is 6.47. The molecular formula is C16H17Cl2NOS. The topological polar surface area (TPSA) is 21.3 Å². The molecule has 0 bridgehead atoms. The van der Waals surface area contributed by atoms with Gasteiger partial charge in [-0.25, -0.2) is 0 Å². The molecule has 0 unspecified atom stereocenters. The molecular weight excluding hydrogens is 325 g/mol. The minimum absolute atomic E-state index is 0.699. The van der Waals surface area contributed by atoms with Crippen molar-refractivity contribution in [2.24, 2.45) is 0 Å². The van der Waals surface area contributed by atoms with Gasteiger partial charge in [0.2, 0.25) is 0 Å². The Hall–Kier alpha value is -0.710. The van der Waals surface area contributed by atoms with E-state index in [2.05, 4.69) is 11.4 Å². The van der Waals surface area contributed by atoms with Crippen LogP contribution in [0.15, 0.2) is 52.3 Å². The highest BCUT2D eigenvalue weighted by Gasteiger charge is 2.06. The van der Waals surface area contributed by atoms with Gasteiger partial charge in [-0.15, -0.1) is 0 Å². The Labute approximate surface area is 139 Å². The minimum Gasteiger partial charge on any atom is -0.383 e. The summed E-state index contributed by atoms with van der Waals surface area (Å²) < 4.78 is 5.03. The number of nitrogens with one attached hydrogen (secondary N) is 1. The van der Waals surface area contributed by atoms with Crippen molar-refractivity contribution in [1.29, 1.82) is 0 Å². The lowest BCUT2D eigenvalue weighted by molar-refractivity contribution is 0.199. The average Bonchev–Trinajstić information content (AvgIpc) is 2.45. The Balaban J connectivity index is 2.11. The highest BCUT2D eigenvalue weighted by molar-refractivity contribution is 7.99. The molecule has 0 saturated heterocycles. The number of benzene rings is 2. The molecule has 2 rings (SSSR count). The molecule has 112 valence electrons. The van der Waals surface area contributed by atoms with Crippen molar-refractivity contribution in [3.8, 4) is 0 Å². The van der Waals surface area contributed by atoms with Crippen LogP contribution in [0.2, 0.25) is 10.0 Å². The maximum absolute atomic E-state index is 6.12. The number of methoxy groups -OCH3 is 1. The van der Waals surface area contributed by atoms with Crippen LogP contribution in [0, 0.1) is 0 Å². The fourth-order valence-corrected chi connectivity index (χ4v) is 3.36. The molecule has 0 aromatic heterocycles. The molecule has 1 N–H and O–H groups in total. The fourth-order valence-electron chi connectivity index (χ4n) is 1.82. The lowest BCUT2D eigenvalue weighted by Crippen LogP contribution is -2.18. The van der Waals surface area contributed by atoms with Crippen molar-refractivity contribution in [2.75, 3.05) is 20.3 Å². The van der Waals surface area contributed by atoms with E-state index in [0.717, 1.165) is 32.9 Å². The van der Waals surface area contributed by atoms with E-state index in [-0.39, 0.29) is 0 Å². The molecule has 0 atom stereocenters. The predicted molar refractivity (Wildman–Crippen MR) is 90.6 cm³/mol. The Bertz CT molecular complexity index is 592. The molecule has 2 aromatic rings. The van der Waals surface area contributed by atoms with Crippen molar-refractivity contribution in [3.05, 3.63) is 58.1 Å². The third-order valence-corrected chi connectivity index (χ3v) is 4.41. The van der Waals surface area contributed by atoms with Gasteiger partial charge in [0, 0.05) is 40.0 Å². The standard InChI is InChI=1S/C16H17Cl2NOS/c1-20-8-7-19-11-12-5-6-14(18)10-16(12)21-15-4-2-3-13(17)9-15/h2-6,9-10,19H,7-8,11H2,1H3. The molecule has 0 heterocycles. The average molecular weight is 342 g/mol. The van der Waals surface area contributed by atoms with Crippen molar-refractivity contribution in [1.82, 2.24) is 5.32 Å². The second kappa shape index (κ2) is 8.66. The predicted octanol–water partition coefficient (Wildman–Crippen LogP) is 4.88. The summed E-state index contributed by atoms with van der Waals surface area (Å²) in [5, 5.41) is 4.83. The zero-order valence-corrected chi connectivity index (χ0v) is 14.1. The number of hydrogen-bond acceptors (Lipinski definition) is 3. The smallest absolute Gasteiger partial charge is 0.0587 e. The third-order valence-electron chi connectivity index (χ3n) is 2.85. The zero-order chi connectivity index (χ0) is 15.1. The van der Waals surface area contributed by atoms with Gasteiger partial charge in [0.05, 0.1) is 6.61 Å². The summed E-state index contributed by atoms with van der Waals surface area (Å²) in [6, 6.07) is 13.8. The van der Waals surface area contributed by atoms with Crippen molar-refractivity contribution in [3.63, 3.8) is 0 Å². The van der Waals surface area contributed by atoms with Crippen molar-refractivity contribution < 1.29 is 4.74 Å². The van der Waals surface area contributed by atoms with Crippen LogP contribution in [0.5, 0.6) is 0 Å². The molecule has 2 aromatic carbocycles. The van der Waals surface area contributed by atoms with Gasteiger partial charge in [0.1, 0.15) is 0 Å². The highest BCUT2D eigenvalue weighted by atomic mass is 35.5. The molecule has 0 amide bonds. The van der Waals surface area contributed by atoms with Crippen LogP contribution in [0.4, 0.5) is 0 Å². The molecule has 0 fully saturated rings. The number of rotatable bonds is 7. The SMILES string of the molecule is COCCNCc1ccc(Cl)cc1Sc1cccc(Cl)c1. The molecule has 2 nitrogen and oxygen atoms in total. The number of ether oxygens (including phenoxy) is 1. The van der Waals surface area contributed by atoms with E-state index in [4.69, 9.17) is 27.9 Å². The summed E-state index contributed by atoms with van der Waals surface area (Å²) >= 11 is 13.8. The van der Waals surface area contributed by atoms with E-state index in [9.17, 15) is 0 Å². The lowest BCUT2D eigenvalue weighted by Gasteiger charge is -2.11. The van der Waals surface area contributed by atoms with Crippen molar-refractivity contribution in [2.45, 2.75) is 16.3 Å². The van der Waals surface area contributed by atoms with Gasteiger partial charge in [0.25, 0.3) is 0 Å². The van der Waals surface area contributed by atoms with E-state index in [1.807, 2.05) is 36.4 Å². The molecule has 5 heteroatoms. The number of hydrogen-bond donors (Lipinski definition) is 1. The molecule has 0 aliphatic rings. The monoisotopic (exact) mass is 341 g/mol. The van der Waals surface area contributed by atoms with Crippen LogP contribution in [-0.4, -0.2) is 20.3 Å². The quantitative estimate of drug-likeness (QED) is 0.725. The fraction of sp³-hybridized carbons (Fsp3) is 0.250. The first-order valence-electron chi connectivity index (χ1n) is 6.60. The van der Waals surface area contributed by atoms with E-state index >= 15 is 0 Å². The van der Waals surface area contributed by atoms with Gasteiger partial charge in [-0.05, 0) is 35.9 Å². The molecule has 0 saturated carbocycles.